The molecule has 14 heteroatoms. The van der Waals surface area contributed by atoms with Crippen molar-refractivity contribution in [1.29, 1.82) is 0 Å². The number of hydrogen-bond donors (Lipinski definition) is 2. The molecule has 1 amide bonds. The Balaban J connectivity index is 1.67. The van der Waals surface area contributed by atoms with Crippen LogP contribution in [0, 0.1) is 5.92 Å². The van der Waals surface area contributed by atoms with Crippen molar-refractivity contribution in [3.63, 3.8) is 0 Å². The van der Waals surface area contributed by atoms with Gasteiger partial charge in [0.25, 0.3) is 5.91 Å². The molecule has 236 valence electrons. The number of pyridine rings is 1. The van der Waals surface area contributed by atoms with E-state index in [9.17, 15) is 27.9 Å². The van der Waals surface area contributed by atoms with Gasteiger partial charge in [0.05, 0.1) is 12.1 Å². The summed E-state index contributed by atoms with van der Waals surface area (Å²) in [6, 6.07) is 10.4. The number of rotatable bonds is 8. The highest BCUT2D eigenvalue weighted by atomic mass is 35.5. The molecule has 0 radical (unpaired) electrons. The SMILES string of the molecule is CC(C)[C@@H](N)C(O)OCOc1c2n(ccc1=O)N([C@@H]1c3ccccc3SCc3c(Cl)cccc31)CN([C@H](C)C(F)(F)F)C2=O. The third kappa shape index (κ3) is 6.03. The van der Waals surface area contributed by atoms with Gasteiger partial charge in [-0.05, 0) is 41.7 Å². The summed E-state index contributed by atoms with van der Waals surface area (Å²) in [7, 11) is 0. The molecule has 5 rings (SSSR count). The zero-order chi connectivity index (χ0) is 31.9. The van der Waals surface area contributed by atoms with E-state index in [4.69, 9.17) is 26.8 Å². The first-order valence-electron chi connectivity index (χ1n) is 13.9. The van der Waals surface area contributed by atoms with E-state index in [2.05, 4.69) is 0 Å². The largest absolute Gasteiger partial charge is 0.461 e. The summed E-state index contributed by atoms with van der Waals surface area (Å²) in [5.74, 6) is -1.21. The number of ether oxygens (including phenoxy) is 2. The van der Waals surface area contributed by atoms with E-state index < -0.39 is 66.8 Å². The molecule has 3 heterocycles. The van der Waals surface area contributed by atoms with E-state index in [0.29, 0.717) is 15.7 Å². The van der Waals surface area contributed by atoms with E-state index >= 15 is 0 Å². The summed E-state index contributed by atoms with van der Waals surface area (Å²) >= 11 is 8.18. The minimum absolute atomic E-state index is 0.148. The van der Waals surface area contributed by atoms with Crippen molar-refractivity contribution in [2.24, 2.45) is 11.7 Å². The topological polar surface area (TPSA) is 110 Å². The van der Waals surface area contributed by atoms with Crippen molar-refractivity contribution in [2.45, 2.75) is 62.0 Å². The molecule has 9 nitrogen and oxygen atoms in total. The first-order chi connectivity index (χ1) is 20.8. The van der Waals surface area contributed by atoms with Crippen molar-refractivity contribution >= 4 is 29.3 Å². The van der Waals surface area contributed by atoms with Gasteiger partial charge in [-0.2, -0.15) is 13.2 Å². The molecule has 1 unspecified atom stereocenters. The van der Waals surface area contributed by atoms with Crippen LogP contribution in [0.3, 0.4) is 0 Å². The molecule has 0 aliphatic carbocycles. The number of benzene rings is 2. The minimum Gasteiger partial charge on any atom is -0.461 e. The Hall–Kier alpha value is -3.23. The molecule has 2 aliphatic rings. The predicted molar refractivity (Wildman–Crippen MR) is 160 cm³/mol. The number of hydrogen-bond acceptors (Lipinski definition) is 8. The Morgan fingerprint density at radius 2 is 1.80 bits per heavy atom. The van der Waals surface area contributed by atoms with Gasteiger partial charge in [0.15, 0.2) is 18.8 Å². The molecule has 2 aliphatic heterocycles. The van der Waals surface area contributed by atoms with Gasteiger partial charge in [-0.25, -0.2) is 0 Å². The average molecular weight is 653 g/mol. The lowest BCUT2D eigenvalue weighted by molar-refractivity contribution is -0.173. The second-order valence-corrected chi connectivity index (χ2v) is 12.4. The van der Waals surface area contributed by atoms with Crippen LogP contribution in [0.25, 0.3) is 0 Å². The van der Waals surface area contributed by atoms with Gasteiger partial charge >= 0.3 is 6.18 Å². The smallest absolute Gasteiger partial charge is 0.408 e. The second kappa shape index (κ2) is 12.6. The van der Waals surface area contributed by atoms with Crippen molar-refractivity contribution in [3.05, 3.63) is 92.4 Å². The summed E-state index contributed by atoms with van der Waals surface area (Å²) in [5.41, 5.74) is 7.08. The maximum absolute atomic E-state index is 14.2. The maximum Gasteiger partial charge on any atom is 0.408 e. The van der Waals surface area contributed by atoms with Gasteiger partial charge in [-0.1, -0.05) is 55.8 Å². The van der Waals surface area contributed by atoms with E-state index in [1.807, 2.05) is 30.3 Å². The summed E-state index contributed by atoms with van der Waals surface area (Å²) in [5, 5.41) is 12.3. The van der Waals surface area contributed by atoms with Crippen LogP contribution in [-0.2, 0) is 10.5 Å². The van der Waals surface area contributed by atoms with Crippen molar-refractivity contribution < 1.29 is 32.5 Å². The van der Waals surface area contributed by atoms with E-state index in [1.54, 1.807) is 42.8 Å². The quantitative estimate of drug-likeness (QED) is 0.333. The zero-order valence-corrected chi connectivity index (χ0v) is 25.7. The zero-order valence-electron chi connectivity index (χ0n) is 24.1. The highest BCUT2D eigenvalue weighted by Gasteiger charge is 2.48. The molecule has 0 fully saturated rings. The number of aromatic nitrogens is 1. The van der Waals surface area contributed by atoms with Crippen LogP contribution >= 0.6 is 23.4 Å². The first-order valence-corrected chi connectivity index (χ1v) is 15.2. The Morgan fingerprint density at radius 3 is 2.50 bits per heavy atom. The average Bonchev–Trinajstić information content (AvgIpc) is 3.15. The number of carbonyl (C=O) groups is 1. The van der Waals surface area contributed by atoms with E-state index in [-0.39, 0.29) is 5.92 Å². The van der Waals surface area contributed by atoms with Gasteiger partial charge in [0.1, 0.15) is 12.7 Å². The predicted octanol–water partition coefficient (Wildman–Crippen LogP) is 4.85. The van der Waals surface area contributed by atoms with Crippen LogP contribution in [0.2, 0.25) is 5.02 Å². The van der Waals surface area contributed by atoms with Gasteiger partial charge in [-0.3, -0.25) is 19.3 Å². The van der Waals surface area contributed by atoms with Gasteiger partial charge in [-0.15, -0.1) is 11.8 Å². The maximum atomic E-state index is 14.2. The van der Waals surface area contributed by atoms with Crippen LogP contribution < -0.4 is 20.9 Å². The monoisotopic (exact) mass is 652 g/mol. The van der Waals surface area contributed by atoms with E-state index in [1.165, 1.54) is 10.9 Å². The van der Waals surface area contributed by atoms with Gasteiger partial charge in [0.2, 0.25) is 11.2 Å². The normalized spacial score (nSPS) is 18.7. The Bertz CT molecular complexity index is 1600. The van der Waals surface area contributed by atoms with Gasteiger partial charge in [0, 0.05) is 27.9 Å². The molecule has 0 bridgehead atoms. The number of aliphatic hydroxyl groups excluding tert-OH is 1. The molecule has 44 heavy (non-hydrogen) atoms. The second-order valence-electron chi connectivity index (χ2n) is 11.0. The van der Waals surface area contributed by atoms with Crippen LogP contribution in [0.4, 0.5) is 13.2 Å². The van der Waals surface area contributed by atoms with Crippen molar-refractivity contribution in [3.8, 4) is 5.75 Å². The number of nitrogens with two attached hydrogens (primary N) is 1. The van der Waals surface area contributed by atoms with Gasteiger partial charge < -0.3 is 25.2 Å². The standard InChI is InChI=1S/C30H32ClF3N4O5S/c1-16(2)24(35)29(41)43-15-42-27-22(39)11-12-37-26(27)28(40)36(17(3)30(32,33)34)14-38(37)25-18-8-6-9-21(31)20(18)13-44-23-10-5-4-7-19(23)25/h4-12,16-17,24-25,29,41H,13-15,35H2,1-3H3/t17-,24-,25+,29?/m1/s1. The van der Waals surface area contributed by atoms with Crippen LogP contribution in [-0.4, -0.2) is 58.6 Å². The molecule has 0 spiro atoms. The number of alkyl halides is 3. The van der Waals surface area contributed by atoms with Crippen LogP contribution in [0.1, 0.15) is 54.0 Å². The summed E-state index contributed by atoms with van der Waals surface area (Å²) in [4.78, 5) is 28.5. The van der Waals surface area contributed by atoms with E-state index in [0.717, 1.165) is 34.6 Å². The molecular weight excluding hydrogens is 621 g/mol. The molecule has 2 aromatic carbocycles. The number of aliphatic hydroxyl groups is 1. The molecule has 0 saturated heterocycles. The first kappa shape index (κ1) is 32.2. The Morgan fingerprint density at radius 1 is 1.09 bits per heavy atom. The Kier molecular flexibility index (Phi) is 9.24. The fourth-order valence-corrected chi connectivity index (χ4v) is 6.70. The number of carbonyl (C=O) groups excluding carboxylic acids is 1. The number of halogens is 4. The van der Waals surface area contributed by atoms with Crippen molar-refractivity contribution in [1.82, 2.24) is 9.58 Å². The number of thioether (sulfide) groups is 1. The molecule has 1 aromatic heterocycles. The summed E-state index contributed by atoms with van der Waals surface area (Å²) in [6.07, 6.45) is -4.88. The summed E-state index contributed by atoms with van der Waals surface area (Å²) in [6.45, 7) is 3.29. The third-order valence-corrected chi connectivity index (χ3v) is 9.36. The lowest BCUT2D eigenvalue weighted by atomic mass is 9.94. The lowest BCUT2D eigenvalue weighted by Gasteiger charge is -2.46. The fourth-order valence-electron chi connectivity index (χ4n) is 5.23. The minimum atomic E-state index is -4.77. The highest BCUT2D eigenvalue weighted by molar-refractivity contribution is 7.98. The molecule has 3 N–H and O–H groups in total. The molecule has 3 aromatic rings. The molecule has 4 atom stereocenters. The summed E-state index contributed by atoms with van der Waals surface area (Å²) < 4.78 is 54.7. The lowest BCUT2D eigenvalue weighted by Crippen LogP contribution is -2.60. The number of fused-ring (bicyclic) bond motifs is 3. The third-order valence-electron chi connectivity index (χ3n) is 7.89. The van der Waals surface area contributed by atoms with Crippen LogP contribution in [0.5, 0.6) is 5.75 Å². The fraction of sp³-hybridized carbons (Fsp3) is 0.400. The van der Waals surface area contributed by atoms with Crippen LogP contribution in [0.15, 0.2) is 64.4 Å². The number of nitrogens with zero attached hydrogens (tertiary/aromatic N) is 3. The molecule has 0 saturated carbocycles. The number of amides is 1. The van der Waals surface area contributed by atoms with Crippen molar-refractivity contribution in [2.75, 3.05) is 18.5 Å². The molecular formula is C30H32ClF3N4O5S. The highest BCUT2D eigenvalue weighted by Crippen LogP contribution is 2.45. The Labute approximate surface area is 261 Å².